The van der Waals surface area contributed by atoms with Crippen LogP contribution in [0.3, 0.4) is 0 Å². The van der Waals surface area contributed by atoms with E-state index in [1.165, 1.54) is 0 Å². The van der Waals surface area contributed by atoms with Crippen LogP contribution in [0.15, 0.2) is 30.5 Å². The van der Waals surface area contributed by atoms with Crippen molar-refractivity contribution in [2.75, 3.05) is 26.0 Å². The third kappa shape index (κ3) is 4.11. The SMILES string of the molecule is CNCc1cc(NC)nc([C@@H]2CCCN2C(=O)Cc2ccccn2)n1. The Bertz CT molecular complexity index is 721. The van der Waals surface area contributed by atoms with Crippen molar-refractivity contribution in [3.05, 3.63) is 47.7 Å². The standard InChI is InChI=1S/C18H24N6O/c1-19-12-14-10-16(20-2)23-18(22-14)15-7-5-9-24(15)17(25)11-13-6-3-4-8-21-13/h3-4,6,8,10,15,19H,5,7,9,11-12H2,1-2H3,(H,20,22,23)/t15-/m0/s1. The number of anilines is 1. The van der Waals surface area contributed by atoms with Gasteiger partial charge in [0.15, 0.2) is 5.82 Å². The lowest BCUT2D eigenvalue weighted by atomic mass is 10.1. The highest BCUT2D eigenvalue weighted by Gasteiger charge is 2.32. The van der Waals surface area contributed by atoms with E-state index in [1.54, 1.807) is 6.20 Å². The highest BCUT2D eigenvalue weighted by molar-refractivity contribution is 5.79. The van der Waals surface area contributed by atoms with E-state index in [1.807, 2.05) is 43.3 Å². The van der Waals surface area contributed by atoms with E-state index in [0.717, 1.165) is 36.6 Å². The summed E-state index contributed by atoms with van der Waals surface area (Å²) in [4.78, 5) is 28.2. The minimum Gasteiger partial charge on any atom is -0.373 e. The number of carbonyl (C=O) groups excluding carboxylic acids is 1. The van der Waals surface area contributed by atoms with Gasteiger partial charge in [-0.3, -0.25) is 9.78 Å². The number of amides is 1. The Labute approximate surface area is 147 Å². The first-order chi connectivity index (χ1) is 12.2. The smallest absolute Gasteiger partial charge is 0.229 e. The monoisotopic (exact) mass is 340 g/mol. The Hall–Kier alpha value is -2.54. The molecule has 2 aromatic rings. The number of nitrogens with zero attached hydrogens (tertiary/aromatic N) is 4. The van der Waals surface area contributed by atoms with Crippen molar-refractivity contribution in [3.8, 4) is 0 Å². The second kappa shape index (κ2) is 8.02. The minimum absolute atomic E-state index is 0.0693. The molecule has 0 unspecified atom stereocenters. The van der Waals surface area contributed by atoms with Crippen LogP contribution in [0.2, 0.25) is 0 Å². The highest BCUT2D eigenvalue weighted by Crippen LogP contribution is 2.31. The molecule has 2 aromatic heterocycles. The van der Waals surface area contributed by atoms with Crippen molar-refractivity contribution >= 4 is 11.7 Å². The Kier molecular flexibility index (Phi) is 5.55. The van der Waals surface area contributed by atoms with Crippen molar-refractivity contribution in [2.24, 2.45) is 0 Å². The molecule has 7 nitrogen and oxygen atoms in total. The summed E-state index contributed by atoms with van der Waals surface area (Å²) < 4.78 is 0. The van der Waals surface area contributed by atoms with Crippen molar-refractivity contribution in [1.29, 1.82) is 0 Å². The number of rotatable bonds is 6. The van der Waals surface area contributed by atoms with Crippen LogP contribution in [-0.2, 0) is 17.8 Å². The third-order valence-corrected chi connectivity index (χ3v) is 4.34. The van der Waals surface area contributed by atoms with Gasteiger partial charge in [0.1, 0.15) is 5.82 Å². The van der Waals surface area contributed by atoms with E-state index in [2.05, 4.69) is 25.6 Å². The zero-order valence-corrected chi connectivity index (χ0v) is 14.7. The molecule has 3 rings (SSSR count). The number of hydrogen-bond donors (Lipinski definition) is 2. The van der Waals surface area contributed by atoms with Crippen LogP contribution in [0, 0.1) is 0 Å². The van der Waals surface area contributed by atoms with Gasteiger partial charge in [-0.1, -0.05) is 6.07 Å². The first-order valence-electron chi connectivity index (χ1n) is 8.61. The van der Waals surface area contributed by atoms with Crippen LogP contribution in [-0.4, -0.2) is 46.4 Å². The highest BCUT2D eigenvalue weighted by atomic mass is 16.2. The Morgan fingerprint density at radius 1 is 1.28 bits per heavy atom. The summed E-state index contributed by atoms with van der Waals surface area (Å²) in [5.74, 6) is 1.57. The van der Waals surface area contributed by atoms with Crippen LogP contribution < -0.4 is 10.6 Å². The predicted octanol–water partition coefficient (Wildman–Crippen LogP) is 1.54. The lowest BCUT2D eigenvalue weighted by Gasteiger charge is -2.24. The molecule has 1 aliphatic heterocycles. The first-order valence-corrected chi connectivity index (χ1v) is 8.61. The van der Waals surface area contributed by atoms with E-state index in [9.17, 15) is 4.79 Å². The normalized spacial score (nSPS) is 16.9. The molecule has 1 amide bonds. The lowest BCUT2D eigenvalue weighted by Crippen LogP contribution is -2.33. The number of carbonyl (C=O) groups is 1. The quantitative estimate of drug-likeness (QED) is 0.830. The van der Waals surface area contributed by atoms with Gasteiger partial charge in [-0.15, -0.1) is 0 Å². The molecule has 1 aliphatic rings. The average Bonchev–Trinajstić information content (AvgIpc) is 3.12. The zero-order chi connectivity index (χ0) is 17.6. The fourth-order valence-corrected chi connectivity index (χ4v) is 3.16. The van der Waals surface area contributed by atoms with Gasteiger partial charge in [0.05, 0.1) is 18.2 Å². The van der Waals surface area contributed by atoms with Crippen LogP contribution >= 0.6 is 0 Å². The van der Waals surface area contributed by atoms with Gasteiger partial charge in [0.2, 0.25) is 5.91 Å². The van der Waals surface area contributed by atoms with E-state index in [0.29, 0.717) is 18.8 Å². The summed E-state index contributed by atoms with van der Waals surface area (Å²) in [5, 5.41) is 6.19. The Balaban J connectivity index is 1.81. The molecule has 0 aliphatic carbocycles. The fourth-order valence-electron chi connectivity index (χ4n) is 3.16. The summed E-state index contributed by atoms with van der Waals surface area (Å²) in [6, 6.07) is 7.49. The molecule has 3 heterocycles. The first kappa shape index (κ1) is 17.3. The van der Waals surface area contributed by atoms with Gasteiger partial charge in [-0.25, -0.2) is 9.97 Å². The molecule has 0 aromatic carbocycles. The zero-order valence-electron chi connectivity index (χ0n) is 14.7. The van der Waals surface area contributed by atoms with Crippen LogP contribution in [0.1, 0.15) is 36.1 Å². The third-order valence-electron chi connectivity index (χ3n) is 4.34. The van der Waals surface area contributed by atoms with Crippen molar-refractivity contribution in [2.45, 2.75) is 31.8 Å². The van der Waals surface area contributed by atoms with Crippen LogP contribution in [0.25, 0.3) is 0 Å². The second-order valence-electron chi connectivity index (χ2n) is 6.13. The molecule has 1 atom stereocenters. The largest absolute Gasteiger partial charge is 0.373 e. The predicted molar refractivity (Wildman–Crippen MR) is 96.0 cm³/mol. The van der Waals surface area contributed by atoms with Gasteiger partial charge in [-0.05, 0) is 32.0 Å². The lowest BCUT2D eigenvalue weighted by molar-refractivity contribution is -0.131. The van der Waals surface area contributed by atoms with Crippen molar-refractivity contribution < 1.29 is 4.79 Å². The number of hydrogen-bond acceptors (Lipinski definition) is 6. The second-order valence-corrected chi connectivity index (χ2v) is 6.13. The summed E-state index contributed by atoms with van der Waals surface area (Å²) >= 11 is 0. The molecular weight excluding hydrogens is 316 g/mol. The Morgan fingerprint density at radius 3 is 2.88 bits per heavy atom. The number of pyridine rings is 1. The number of likely N-dealkylation sites (tertiary alicyclic amines) is 1. The molecular formula is C18H24N6O. The van der Waals surface area contributed by atoms with Gasteiger partial charge in [-0.2, -0.15) is 0 Å². The fraction of sp³-hybridized carbons (Fsp3) is 0.444. The summed E-state index contributed by atoms with van der Waals surface area (Å²) in [5.41, 5.74) is 1.71. The van der Waals surface area contributed by atoms with Gasteiger partial charge < -0.3 is 15.5 Å². The molecule has 0 bridgehead atoms. The molecule has 0 spiro atoms. The summed E-state index contributed by atoms with van der Waals surface area (Å²) in [6.07, 6.45) is 3.88. The van der Waals surface area contributed by atoms with E-state index in [4.69, 9.17) is 0 Å². The molecule has 25 heavy (non-hydrogen) atoms. The molecule has 132 valence electrons. The molecule has 0 saturated carbocycles. The number of nitrogens with one attached hydrogen (secondary N) is 2. The van der Waals surface area contributed by atoms with Gasteiger partial charge >= 0.3 is 0 Å². The Morgan fingerprint density at radius 2 is 2.16 bits per heavy atom. The molecule has 0 radical (unpaired) electrons. The van der Waals surface area contributed by atoms with Crippen LogP contribution in [0.5, 0.6) is 0 Å². The van der Waals surface area contributed by atoms with Crippen molar-refractivity contribution in [3.63, 3.8) is 0 Å². The molecule has 1 fully saturated rings. The van der Waals surface area contributed by atoms with Gasteiger partial charge in [0.25, 0.3) is 0 Å². The van der Waals surface area contributed by atoms with Crippen LogP contribution in [0.4, 0.5) is 5.82 Å². The average molecular weight is 340 g/mol. The summed E-state index contributed by atoms with van der Waals surface area (Å²) in [7, 11) is 3.73. The van der Waals surface area contributed by atoms with E-state index < -0.39 is 0 Å². The molecule has 1 saturated heterocycles. The number of aromatic nitrogens is 3. The maximum Gasteiger partial charge on any atom is 0.229 e. The van der Waals surface area contributed by atoms with Gasteiger partial charge in [0, 0.05) is 38.1 Å². The summed E-state index contributed by atoms with van der Waals surface area (Å²) in [6.45, 7) is 1.41. The van der Waals surface area contributed by atoms with E-state index >= 15 is 0 Å². The maximum atomic E-state index is 12.8. The minimum atomic E-state index is -0.0693. The molecule has 2 N–H and O–H groups in total. The topological polar surface area (TPSA) is 83.0 Å². The maximum absolute atomic E-state index is 12.8. The molecule has 7 heteroatoms. The van der Waals surface area contributed by atoms with Crippen molar-refractivity contribution in [1.82, 2.24) is 25.2 Å². The van der Waals surface area contributed by atoms with E-state index in [-0.39, 0.29) is 11.9 Å².